The van der Waals surface area contributed by atoms with Crippen molar-refractivity contribution in [3.63, 3.8) is 0 Å². The molecule has 4 nitrogen and oxygen atoms in total. The topological polar surface area (TPSA) is 66.0 Å². The van der Waals surface area contributed by atoms with E-state index in [9.17, 15) is 10.5 Å². The molecule has 4 heteroatoms. The molecular weight excluding hydrogens is 564 g/mol. The fraction of sp³-hybridized carbons (Fsp3) is 0.667. The van der Waals surface area contributed by atoms with E-state index in [0.29, 0.717) is 28.6 Å². The van der Waals surface area contributed by atoms with E-state index >= 15 is 0 Å². The molecule has 46 heavy (non-hydrogen) atoms. The van der Waals surface area contributed by atoms with E-state index in [1.165, 1.54) is 138 Å². The van der Waals surface area contributed by atoms with Crippen molar-refractivity contribution in [1.29, 1.82) is 10.5 Å². The molecule has 6 aliphatic carbocycles. The van der Waals surface area contributed by atoms with Crippen LogP contribution in [0.1, 0.15) is 170 Å². The van der Waals surface area contributed by atoms with Crippen molar-refractivity contribution in [2.45, 2.75) is 159 Å². The predicted octanol–water partition coefficient (Wildman–Crippen LogP) is 11.5. The van der Waals surface area contributed by atoms with Crippen LogP contribution in [0.2, 0.25) is 0 Å². The average molecular weight is 619 g/mol. The summed E-state index contributed by atoms with van der Waals surface area (Å²) < 4.78 is 11.3. The van der Waals surface area contributed by atoms with Gasteiger partial charge in [-0.25, -0.2) is 0 Å². The minimum Gasteiger partial charge on any atom is -0.388 e. The van der Waals surface area contributed by atoms with E-state index in [1.54, 1.807) is 0 Å². The van der Waals surface area contributed by atoms with Crippen molar-refractivity contribution in [3.8, 4) is 24.0 Å². The minimum atomic E-state index is 0.107. The van der Waals surface area contributed by atoms with Crippen molar-refractivity contribution in [3.05, 3.63) is 58.7 Å². The van der Waals surface area contributed by atoms with Gasteiger partial charge in [0.1, 0.15) is 11.5 Å². The maximum atomic E-state index is 9.56. The zero-order chi connectivity index (χ0) is 32.0. The lowest BCUT2D eigenvalue weighted by Gasteiger charge is -2.72. The molecule has 0 radical (unpaired) electrons. The maximum absolute atomic E-state index is 9.56. The van der Waals surface area contributed by atoms with E-state index in [1.807, 2.05) is 12.5 Å². The van der Waals surface area contributed by atoms with Crippen molar-refractivity contribution in [2.24, 2.45) is 16.7 Å². The molecule has 6 aliphatic rings. The Balaban J connectivity index is 1.38. The average Bonchev–Trinajstić information content (AvgIpc) is 3.05. The molecule has 8 rings (SSSR count). The SMILES string of the molecule is CCCC12CC3(c4ccc(OC#N)c(C5CCCCC5)c4)CC(c4ccc(OC#N)c(C5CCCCC5)c4)(C1)CC(C(C)C)(C2)C3. The highest BCUT2D eigenvalue weighted by Gasteiger charge is 2.69. The summed E-state index contributed by atoms with van der Waals surface area (Å²) in [4.78, 5) is 0. The van der Waals surface area contributed by atoms with Crippen LogP contribution < -0.4 is 9.47 Å². The van der Waals surface area contributed by atoms with E-state index in [-0.39, 0.29) is 10.8 Å². The number of rotatable bonds is 9. The zero-order valence-corrected chi connectivity index (χ0v) is 28.6. The Bertz CT molecular complexity index is 1420. The summed E-state index contributed by atoms with van der Waals surface area (Å²) in [7, 11) is 0. The second kappa shape index (κ2) is 12.2. The van der Waals surface area contributed by atoms with Gasteiger partial charge in [-0.05, 0) is 144 Å². The Labute approximate surface area is 277 Å². The van der Waals surface area contributed by atoms with E-state index in [0.717, 1.165) is 11.5 Å². The van der Waals surface area contributed by atoms with Gasteiger partial charge in [0.05, 0.1) is 0 Å². The number of benzene rings is 2. The van der Waals surface area contributed by atoms with Gasteiger partial charge in [-0.3, -0.25) is 0 Å². The van der Waals surface area contributed by atoms with Crippen molar-refractivity contribution in [1.82, 2.24) is 0 Å². The number of ether oxygens (including phenoxy) is 2. The van der Waals surface area contributed by atoms with Gasteiger partial charge in [0.15, 0.2) is 0 Å². The number of hydrogen-bond acceptors (Lipinski definition) is 4. The van der Waals surface area contributed by atoms with Gasteiger partial charge in [0, 0.05) is 0 Å². The molecule has 2 aromatic rings. The van der Waals surface area contributed by atoms with Crippen LogP contribution in [-0.4, -0.2) is 0 Å². The van der Waals surface area contributed by atoms with Crippen LogP contribution in [0.15, 0.2) is 36.4 Å². The third kappa shape index (κ3) is 5.33. The Morgan fingerprint density at radius 1 is 0.674 bits per heavy atom. The quantitative estimate of drug-likeness (QED) is 0.262. The fourth-order valence-electron chi connectivity index (χ4n) is 12.5. The maximum Gasteiger partial charge on any atom is 0.292 e. The summed E-state index contributed by atoms with van der Waals surface area (Å²) in [5.74, 6) is 3.14. The molecule has 0 aliphatic heterocycles. The fourth-order valence-corrected chi connectivity index (χ4v) is 12.5. The summed E-state index contributed by atoms with van der Waals surface area (Å²) >= 11 is 0. The lowest BCUT2D eigenvalue weighted by molar-refractivity contribution is -0.162. The number of nitrogens with zero attached hydrogens (tertiary/aromatic N) is 2. The van der Waals surface area contributed by atoms with Gasteiger partial charge < -0.3 is 9.47 Å². The molecule has 4 bridgehead atoms. The van der Waals surface area contributed by atoms with Crippen LogP contribution in [0.25, 0.3) is 0 Å². The highest BCUT2D eigenvalue weighted by atomic mass is 16.5. The highest BCUT2D eigenvalue weighted by molar-refractivity contribution is 5.49. The van der Waals surface area contributed by atoms with Crippen LogP contribution >= 0.6 is 0 Å². The summed E-state index contributed by atoms with van der Waals surface area (Å²) in [5.41, 5.74) is 6.41. The lowest BCUT2D eigenvalue weighted by Crippen LogP contribution is -2.65. The largest absolute Gasteiger partial charge is 0.388 e. The van der Waals surface area contributed by atoms with Crippen molar-refractivity contribution in [2.75, 3.05) is 0 Å². The molecule has 244 valence electrons. The Kier molecular flexibility index (Phi) is 8.41. The standard InChI is InChI=1S/C42H54N2O2/c1-4-19-39-22-40(30(2)3)25-41(23-39,33-15-17-37(45-28-43)35(20-33)31-11-7-5-8-12-31)27-42(24-39,26-40)34-16-18-38(46-29-44)36(21-34)32-13-9-6-10-14-32/h15-18,20-21,30-32H,4-14,19,22-27H2,1-3H3. The van der Waals surface area contributed by atoms with Gasteiger partial charge in [0.25, 0.3) is 12.5 Å². The molecule has 0 spiro atoms. The third-order valence-corrected chi connectivity index (χ3v) is 13.9. The van der Waals surface area contributed by atoms with Crippen LogP contribution in [0, 0.1) is 39.8 Å². The van der Waals surface area contributed by atoms with Gasteiger partial charge in [-0.2, -0.15) is 0 Å². The monoisotopic (exact) mass is 618 g/mol. The van der Waals surface area contributed by atoms with Crippen molar-refractivity contribution < 1.29 is 9.47 Å². The second-order valence-corrected chi connectivity index (χ2v) is 17.0. The van der Waals surface area contributed by atoms with Gasteiger partial charge >= 0.3 is 0 Å². The molecule has 0 heterocycles. The first kappa shape index (κ1) is 31.6. The first-order valence-corrected chi connectivity index (χ1v) is 18.7. The first-order chi connectivity index (χ1) is 22.3. The van der Waals surface area contributed by atoms with E-state index < -0.39 is 0 Å². The van der Waals surface area contributed by atoms with Crippen LogP contribution in [0.5, 0.6) is 11.5 Å². The molecule has 2 unspecified atom stereocenters. The Hall–Kier alpha value is -2.98. The zero-order valence-electron chi connectivity index (χ0n) is 28.6. The lowest BCUT2D eigenvalue weighted by atomic mass is 9.32. The van der Waals surface area contributed by atoms with Crippen LogP contribution in [0.4, 0.5) is 0 Å². The smallest absolute Gasteiger partial charge is 0.292 e. The predicted molar refractivity (Wildman–Crippen MR) is 183 cm³/mol. The van der Waals surface area contributed by atoms with E-state index in [2.05, 4.69) is 57.2 Å². The molecule has 2 aromatic carbocycles. The van der Waals surface area contributed by atoms with Gasteiger partial charge in [-0.1, -0.05) is 90.0 Å². The highest BCUT2D eigenvalue weighted by Crippen LogP contribution is 2.77. The molecule has 0 amide bonds. The molecule has 0 aromatic heterocycles. The summed E-state index contributed by atoms with van der Waals surface area (Å²) in [5, 5.41) is 19.1. The van der Waals surface area contributed by atoms with Gasteiger partial charge in [-0.15, -0.1) is 10.5 Å². The summed E-state index contributed by atoms with van der Waals surface area (Å²) in [6, 6.07) is 14.0. The van der Waals surface area contributed by atoms with Gasteiger partial charge in [0.2, 0.25) is 0 Å². The van der Waals surface area contributed by atoms with Crippen molar-refractivity contribution >= 4 is 0 Å². The molecular formula is C42H54N2O2. The molecule has 6 fully saturated rings. The minimum absolute atomic E-state index is 0.107. The van der Waals surface area contributed by atoms with Crippen LogP contribution in [-0.2, 0) is 10.8 Å². The first-order valence-electron chi connectivity index (χ1n) is 18.7. The van der Waals surface area contributed by atoms with Crippen LogP contribution in [0.3, 0.4) is 0 Å². The Morgan fingerprint density at radius 3 is 1.57 bits per heavy atom. The molecule has 6 saturated carbocycles. The number of nitriles is 2. The summed E-state index contributed by atoms with van der Waals surface area (Å²) in [6.45, 7) is 7.40. The second-order valence-electron chi connectivity index (χ2n) is 17.0. The molecule has 0 N–H and O–H groups in total. The molecule has 0 saturated heterocycles. The number of hydrogen-bond donors (Lipinski definition) is 0. The Morgan fingerprint density at radius 2 is 1.15 bits per heavy atom. The summed E-state index contributed by atoms with van der Waals surface area (Å²) in [6.07, 6.45) is 26.6. The molecule has 2 atom stereocenters. The van der Waals surface area contributed by atoms with E-state index in [4.69, 9.17) is 9.47 Å². The third-order valence-electron chi connectivity index (χ3n) is 13.9. The normalized spacial score (nSPS) is 32.7.